The number of benzene rings is 1. The molecule has 0 amide bonds. The van der Waals surface area contributed by atoms with E-state index < -0.39 is 35.9 Å². The average Bonchev–Trinajstić information content (AvgIpc) is 2.99. The van der Waals surface area contributed by atoms with E-state index in [1.165, 1.54) is 0 Å². The fourth-order valence-electron chi connectivity index (χ4n) is 7.54. The Morgan fingerprint density at radius 1 is 0.935 bits per heavy atom. The lowest BCUT2D eigenvalue weighted by Crippen LogP contribution is -2.36. The number of fused-ring (bicyclic) bond motifs is 1. The highest BCUT2D eigenvalue weighted by Crippen LogP contribution is 2.52. The van der Waals surface area contributed by atoms with E-state index in [0.29, 0.717) is 67.2 Å². The monoisotopic (exact) mass is 710 g/mol. The number of halogens is 7. The van der Waals surface area contributed by atoms with Crippen LogP contribution in [0.1, 0.15) is 122 Å². The summed E-state index contributed by atoms with van der Waals surface area (Å²) < 4.78 is 86.8. The van der Waals surface area contributed by atoms with Crippen LogP contribution < -0.4 is 4.90 Å². The minimum Gasteiger partial charge on any atom is -0.388 e. The highest BCUT2D eigenvalue weighted by Gasteiger charge is 2.43. The number of hydrogen-bond donors (Lipinski definition) is 1. The van der Waals surface area contributed by atoms with Crippen LogP contribution in [0, 0.1) is 5.41 Å². The van der Waals surface area contributed by atoms with Crippen molar-refractivity contribution in [2.24, 2.45) is 5.41 Å². The van der Waals surface area contributed by atoms with Gasteiger partial charge in [0.1, 0.15) is 0 Å². The molecule has 1 N–H and O–H groups in total. The fraction of sp³-hybridized carbons (Fsp3) is 0.559. The molecule has 2 fully saturated rings. The zero-order valence-electron chi connectivity index (χ0n) is 25.7. The van der Waals surface area contributed by atoms with Crippen LogP contribution in [0.5, 0.6) is 0 Å². The molecule has 6 rings (SSSR count). The minimum atomic E-state index is -4.58. The molecule has 248 valence electrons. The van der Waals surface area contributed by atoms with Gasteiger partial charge in [-0.3, -0.25) is 4.98 Å². The molecule has 1 saturated heterocycles. The van der Waals surface area contributed by atoms with Gasteiger partial charge in [-0.1, -0.05) is 26.0 Å². The third kappa shape index (κ3) is 6.79. The molecule has 2 aromatic heterocycles. The van der Waals surface area contributed by atoms with Crippen LogP contribution in [-0.2, 0) is 12.6 Å². The molecule has 5 nitrogen and oxygen atoms in total. The van der Waals surface area contributed by atoms with Crippen molar-refractivity contribution < 1.29 is 31.4 Å². The van der Waals surface area contributed by atoms with Gasteiger partial charge in [-0.2, -0.15) is 13.2 Å². The minimum absolute atomic E-state index is 0.0321. The van der Waals surface area contributed by atoms with Crippen molar-refractivity contribution in [2.75, 3.05) is 18.0 Å². The predicted molar refractivity (Wildman–Crippen MR) is 166 cm³/mol. The van der Waals surface area contributed by atoms with Gasteiger partial charge in [-0.05, 0) is 89.0 Å². The lowest BCUT2D eigenvalue weighted by Gasteiger charge is -2.41. The molecule has 3 heterocycles. The Balaban J connectivity index is 1.47. The van der Waals surface area contributed by atoms with Crippen LogP contribution in [-0.4, -0.2) is 39.1 Å². The molecule has 3 aliphatic rings. The number of alkyl halides is 6. The van der Waals surface area contributed by atoms with Crippen molar-refractivity contribution in [3.63, 3.8) is 0 Å². The molecule has 0 bridgehead atoms. The standard InChI is InChI=1S/C34H37BrF6N4O/c1-32(2)15-24-27(25(46)16-32)26(19-7-11-33(37,38)12-8-19)28(29(36)20-3-5-22(6-4-20)34(39,40)41)30(44-24)21-9-13-45(14-10-21)31-42-17-23(35)18-43-31/h3-6,17-19,21,25,29,46H,7-16H2,1-2H3. The molecular weight excluding hydrogens is 674 g/mol. The normalized spacial score (nSPS) is 22.8. The Morgan fingerprint density at radius 3 is 2.13 bits per heavy atom. The molecule has 1 saturated carbocycles. The van der Waals surface area contributed by atoms with Gasteiger partial charge in [-0.15, -0.1) is 0 Å². The van der Waals surface area contributed by atoms with Crippen LogP contribution in [0.2, 0.25) is 0 Å². The second-order valence-electron chi connectivity index (χ2n) is 13.8. The topological polar surface area (TPSA) is 62.1 Å². The van der Waals surface area contributed by atoms with Gasteiger partial charge in [0.15, 0.2) is 6.17 Å². The number of aliphatic hydroxyl groups is 1. The largest absolute Gasteiger partial charge is 0.416 e. The molecule has 0 radical (unpaired) electrons. The summed E-state index contributed by atoms with van der Waals surface area (Å²) in [5, 5.41) is 11.5. The first-order chi connectivity index (χ1) is 21.6. The van der Waals surface area contributed by atoms with E-state index in [-0.39, 0.29) is 48.1 Å². The van der Waals surface area contributed by atoms with Crippen molar-refractivity contribution in [1.82, 2.24) is 15.0 Å². The first kappa shape index (κ1) is 33.2. The van der Waals surface area contributed by atoms with E-state index in [9.17, 15) is 27.1 Å². The summed E-state index contributed by atoms with van der Waals surface area (Å²) in [6, 6.07) is 4.01. The molecule has 2 atom stereocenters. The molecule has 1 aliphatic heterocycles. The number of anilines is 1. The number of hydrogen-bond acceptors (Lipinski definition) is 5. The highest BCUT2D eigenvalue weighted by molar-refractivity contribution is 9.10. The molecule has 0 spiro atoms. The Hall–Kier alpha value is -2.73. The average molecular weight is 712 g/mol. The second-order valence-corrected chi connectivity index (χ2v) is 14.7. The van der Waals surface area contributed by atoms with Gasteiger partial charge >= 0.3 is 6.18 Å². The lowest BCUT2D eigenvalue weighted by atomic mass is 9.68. The van der Waals surface area contributed by atoms with Gasteiger partial charge in [0, 0.05) is 61.1 Å². The number of nitrogens with zero attached hydrogens (tertiary/aromatic N) is 4. The van der Waals surface area contributed by atoms with E-state index in [2.05, 4.69) is 25.9 Å². The lowest BCUT2D eigenvalue weighted by molar-refractivity contribution is -0.137. The van der Waals surface area contributed by atoms with Crippen molar-refractivity contribution in [2.45, 2.75) is 101 Å². The Labute approximate surface area is 273 Å². The summed E-state index contributed by atoms with van der Waals surface area (Å²) in [6.07, 6.45) is -2.42. The van der Waals surface area contributed by atoms with Crippen LogP contribution in [0.3, 0.4) is 0 Å². The SMILES string of the molecule is CC1(C)Cc2nc(C3CCN(c4ncc(Br)cn4)CC3)c(C(F)c3ccc(C(F)(F)F)cc3)c(C3CCC(F)(F)CC3)c2C(O)C1. The van der Waals surface area contributed by atoms with Gasteiger partial charge in [0.25, 0.3) is 0 Å². The smallest absolute Gasteiger partial charge is 0.388 e. The number of rotatable bonds is 5. The van der Waals surface area contributed by atoms with E-state index in [4.69, 9.17) is 4.98 Å². The Morgan fingerprint density at radius 2 is 1.54 bits per heavy atom. The molecule has 3 aromatic rings. The van der Waals surface area contributed by atoms with Gasteiger partial charge in [0.05, 0.1) is 21.8 Å². The van der Waals surface area contributed by atoms with E-state index in [1.54, 1.807) is 12.4 Å². The first-order valence-electron chi connectivity index (χ1n) is 15.8. The van der Waals surface area contributed by atoms with Crippen molar-refractivity contribution >= 4 is 21.9 Å². The summed E-state index contributed by atoms with van der Waals surface area (Å²) in [4.78, 5) is 15.9. The molecule has 1 aromatic carbocycles. The molecule has 12 heteroatoms. The summed E-state index contributed by atoms with van der Waals surface area (Å²) >= 11 is 3.35. The van der Waals surface area contributed by atoms with Crippen molar-refractivity contribution in [3.05, 3.63) is 80.3 Å². The quantitative estimate of drug-likeness (QED) is 0.268. The molecule has 2 aliphatic carbocycles. The van der Waals surface area contributed by atoms with E-state index in [0.717, 1.165) is 28.7 Å². The zero-order valence-corrected chi connectivity index (χ0v) is 27.3. The number of aromatic nitrogens is 3. The van der Waals surface area contributed by atoms with E-state index in [1.807, 2.05) is 18.7 Å². The number of aliphatic hydroxyl groups excluding tert-OH is 1. The summed E-state index contributed by atoms with van der Waals surface area (Å²) in [6.45, 7) is 5.21. The van der Waals surface area contributed by atoms with Crippen LogP contribution in [0.4, 0.5) is 32.3 Å². The Kier molecular flexibility index (Phi) is 8.93. The molecule has 2 unspecified atom stereocenters. The molecular formula is C34H37BrF6N4O. The fourth-order valence-corrected chi connectivity index (χ4v) is 7.74. The van der Waals surface area contributed by atoms with Gasteiger partial charge in [0.2, 0.25) is 11.9 Å². The van der Waals surface area contributed by atoms with E-state index >= 15 is 4.39 Å². The number of pyridine rings is 1. The van der Waals surface area contributed by atoms with Gasteiger partial charge in [-0.25, -0.2) is 23.1 Å². The molecule has 46 heavy (non-hydrogen) atoms. The van der Waals surface area contributed by atoms with Crippen LogP contribution >= 0.6 is 15.9 Å². The van der Waals surface area contributed by atoms with Crippen molar-refractivity contribution in [3.8, 4) is 0 Å². The predicted octanol–water partition coefficient (Wildman–Crippen LogP) is 9.39. The summed E-state index contributed by atoms with van der Waals surface area (Å²) in [5.74, 6) is -2.89. The maximum absolute atomic E-state index is 17.1. The zero-order chi connectivity index (χ0) is 33.0. The highest BCUT2D eigenvalue weighted by atomic mass is 79.9. The maximum atomic E-state index is 17.1. The van der Waals surface area contributed by atoms with Crippen molar-refractivity contribution in [1.29, 1.82) is 0 Å². The summed E-state index contributed by atoms with van der Waals surface area (Å²) in [7, 11) is 0. The third-order valence-electron chi connectivity index (χ3n) is 9.83. The van der Waals surface area contributed by atoms with Crippen LogP contribution in [0.25, 0.3) is 0 Å². The second kappa shape index (κ2) is 12.4. The summed E-state index contributed by atoms with van der Waals surface area (Å²) in [5.41, 5.74) is 1.30. The first-order valence-corrected chi connectivity index (χ1v) is 16.6. The number of piperidine rings is 1. The third-order valence-corrected chi connectivity index (χ3v) is 10.2. The Bertz CT molecular complexity index is 1550. The van der Waals surface area contributed by atoms with Crippen LogP contribution in [0.15, 0.2) is 41.1 Å². The maximum Gasteiger partial charge on any atom is 0.416 e. The van der Waals surface area contributed by atoms with Gasteiger partial charge < -0.3 is 10.0 Å².